The second-order valence-electron chi connectivity index (χ2n) is 9.44. The van der Waals surface area contributed by atoms with Crippen LogP contribution in [0, 0.1) is 0 Å². The molecule has 0 unspecified atom stereocenters. The van der Waals surface area contributed by atoms with Gasteiger partial charge < -0.3 is 20.3 Å². The molecule has 1 fully saturated rings. The fourth-order valence-electron chi connectivity index (χ4n) is 4.83. The van der Waals surface area contributed by atoms with Crippen molar-refractivity contribution in [2.24, 2.45) is 0 Å². The van der Waals surface area contributed by atoms with Crippen molar-refractivity contribution in [3.8, 4) is 17.0 Å². The van der Waals surface area contributed by atoms with Crippen molar-refractivity contribution in [1.29, 1.82) is 0 Å². The number of rotatable bonds is 3. The summed E-state index contributed by atoms with van der Waals surface area (Å²) in [6, 6.07) is 5.00. The molecule has 2 aromatic heterocycles. The molecule has 0 bridgehead atoms. The third-order valence-electron chi connectivity index (χ3n) is 6.59. The number of methoxy groups -OCH3 is 1. The van der Waals surface area contributed by atoms with Crippen LogP contribution in [0.15, 0.2) is 30.6 Å². The van der Waals surface area contributed by atoms with E-state index >= 15 is 0 Å². The number of benzene rings is 1. The number of nitrogens with two attached hydrogens (primary N) is 1. The highest BCUT2D eigenvalue weighted by molar-refractivity contribution is 6.58. The smallest absolute Gasteiger partial charge is 0.418 e. The van der Waals surface area contributed by atoms with Gasteiger partial charge in [-0.1, -0.05) is 0 Å². The topological polar surface area (TPSA) is 106 Å². The van der Waals surface area contributed by atoms with E-state index in [4.69, 9.17) is 41.9 Å². The second-order valence-corrected chi connectivity index (χ2v) is 9.44. The first-order valence-corrected chi connectivity index (χ1v) is 11.1. The van der Waals surface area contributed by atoms with E-state index in [-0.39, 0.29) is 28.5 Å². The highest BCUT2D eigenvalue weighted by atomic mass is 19.4. The van der Waals surface area contributed by atoms with Crippen molar-refractivity contribution in [2.45, 2.75) is 43.2 Å². The Bertz CT molecular complexity index is 1470. The molecule has 1 aromatic carbocycles. The van der Waals surface area contributed by atoms with E-state index in [0.717, 1.165) is 33.6 Å². The molecule has 38 heavy (non-hydrogen) atoms. The Morgan fingerprint density at radius 1 is 1.11 bits per heavy atom. The number of alkyl halides is 3. The number of hydrogen-bond donors (Lipinski definition) is 1. The summed E-state index contributed by atoms with van der Waals surface area (Å²) in [5.74, 6) is -1.76. The third kappa shape index (κ3) is 3.75. The van der Waals surface area contributed by atoms with Crippen molar-refractivity contribution in [3.05, 3.63) is 36.2 Å². The first-order chi connectivity index (χ1) is 17.4. The molecule has 4 rings (SSSR count). The molecule has 1 saturated heterocycles. The summed E-state index contributed by atoms with van der Waals surface area (Å²) in [4.78, 5) is 31.7. The van der Waals surface area contributed by atoms with Crippen LogP contribution >= 0.6 is 0 Å². The summed E-state index contributed by atoms with van der Waals surface area (Å²) in [6.45, 7) is 3.96. The van der Waals surface area contributed by atoms with E-state index < -0.39 is 45.3 Å². The van der Waals surface area contributed by atoms with Crippen molar-refractivity contribution >= 4 is 60.2 Å². The monoisotopic (exact) mass is 516 g/mol. The van der Waals surface area contributed by atoms with Gasteiger partial charge in [0.05, 0.1) is 55.4 Å². The Morgan fingerprint density at radius 2 is 1.74 bits per heavy atom. The number of nitrogen functional groups attached to an aromatic ring is 1. The van der Waals surface area contributed by atoms with Crippen LogP contribution in [0.25, 0.3) is 16.8 Å². The van der Waals surface area contributed by atoms with E-state index in [1.807, 2.05) is 0 Å². The van der Waals surface area contributed by atoms with Crippen molar-refractivity contribution < 1.29 is 27.5 Å². The van der Waals surface area contributed by atoms with Crippen LogP contribution in [-0.4, -0.2) is 86.0 Å². The lowest BCUT2D eigenvalue weighted by atomic mass is 9.35. The number of halogens is 3. The van der Waals surface area contributed by atoms with Crippen LogP contribution in [0.3, 0.4) is 0 Å². The quantitative estimate of drug-likeness (QED) is 0.521. The highest BCUT2D eigenvalue weighted by Gasteiger charge is 2.59. The highest BCUT2D eigenvalue weighted by Crippen LogP contribution is 2.46. The van der Waals surface area contributed by atoms with Crippen molar-refractivity contribution in [2.75, 3.05) is 17.7 Å². The Balaban J connectivity index is 2.00. The van der Waals surface area contributed by atoms with E-state index in [9.17, 15) is 22.8 Å². The molecule has 188 valence electrons. The molecule has 8 radical (unpaired) electrons. The van der Waals surface area contributed by atoms with Crippen LogP contribution < -0.4 is 15.4 Å². The summed E-state index contributed by atoms with van der Waals surface area (Å²) in [7, 11) is 26.6. The molecule has 0 aliphatic carbocycles. The number of amides is 2. The van der Waals surface area contributed by atoms with Crippen LogP contribution in [0.5, 0.6) is 5.75 Å². The van der Waals surface area contributed by atoms with Gasteiger partial charge in [-0.15, -0.1) is 0 Å². The first kappa shape index (κ1) is 27.5. The molecule has 9 nitrogen and oxygen atoms in total. The number of carbonyl (C=O) groups is 2. The van der Waals surface area contributed by atoms with Gasteiger partial charge in [-0.05, 0) is 48.8 Å². The number of fused-ring (bicyclic) bond motifs is 1. The van der Waals surface area contributed by atoms with E-state index in [0.29, 0.717) is 0 Å². The molecule has 0 atom stereocenters. The van der Waals surface area contributed by atoms with Gasteiger partial charge in [-0.2, -0.15) is 18.3 Å². The predicted molar refractivity (Wildman–Crippen MR) is 137 cm³/mol. The molecule has 0 spiro atoms. The largest absolute Gasteiger partial charge is 0.495 e. The summed E-state index contributed by atoms with van der Waals surface area (Å²) < 4.78 is 47.9. The fourth-order valence-corrected chi connectivity index (χ4v) is 4.83. The normalized spacial score (nSPS) is 18.6. The van der Waals surface area contributed by atoms with Gasteiger partial charge in [0.2, 0.25) is 5.91 Å². The molecule has 3 heterocycles. The fraction of sp³-hybridized carbons (Fsp3) is 0.364. The second kappa shape index (κ2) is 8.47. The van der Waals surface area contributed by atoms with Crippen LogP contribution in [0.4, 0.5) is 24.7 Å². The van der Waals surface area contributed by atoms with E-state index in [2.05, 4.69) is 10.1 Å². The zero-order valence-electron chi connectivity index (χ0n) is 20.9. The summed E-state index contributed by atoms with van der Waals surface area (Å²) in [5.41, 5.74) is 2.65. The minimum absolute atomic E-state index is 0.0363. The number of aromatic nitrogens is 3. The lowest BCUT2D eigenvalue weighted by Gasteiger charge is -2.65. The Morgan fingerprint density at radius 3 is 2.29 bits per heavy atom. The van der Waals surface area contributed by atoms with Crippen molar-refractivity contribution in [3.63, 3.8) is 0 Å². The maximum atomic E-state index is 13.9. The SMILES string of the molecule is [B]C1([B])N(c2cc(-c3cc(C(F)(F)F)c4c(N)ncnn34)ccc2OC)C(=O)C(C)(C)N(C(C)=O)C1([B])[B]. The molecule has 1 aliphatic rings. The Hall–Kier alpha value is -3.57. The number of anilines is 2. The molecule has 16 heteroatoms. The van der Waals surface area contributed by atoms with Gasteiger partial charge in [0.25, 0.3) is 5.91 Å². The van der Waals surface area contributed by atoms with E-state index in [1.54, 1.807) is 0 Å². The molecular weight excluding hydrogens is 497 g/mol. The van der Waals surface area contributed by atoms with Crippen molar-refractivity contribution in [1.82, 2.24) is 19.5 Å². The van der Waals surface area contributed by atoms with Gasteiger partial charge in [-0.3, -0.25) is 9.59 Å². The predicted octanol–water partition coefficient (Wildman–Crippen LogP) is 0.961. The molecule has 1 aliphatic heterocycles. The van der Waals surface area contributed by atoms with Gasteiger partial charge in [0, 0.05) is 12.5 Å². The third-order valence-corrected chi connectivity index (χ3v) is 6.59. The number of piperazine rings is 1. The number of ether oxygens (including phenoxy) is 1. The van der Waals surface area contributed by atoms with E-state index in [1.165, 1.54) is 39.2 Å². The van der Waals surface area contributed by atoms with Gasteiger partial charge >= 0.3 is 6.18 Å². The number of nitrogens with zero attached hydrogens (tertiary/aromatic N) is 5. The molecule has 0 saturated carbocycles. The minimum Gasteiger partial charge on any atom is -0.495 e. The average Bonchev–Trinajstić information content (AvgIpc) is 3.19. The summed E-state index contributed by atoms with van der Waals surface area (Å²) in [6.07, 6.45) is -3.77. The minimum atomic E-state index is -4.77. The number of carbonyl (C=O) groups excluding carboxylic acids is 2. The first-order valence-electron chi connectivity index (χ1n) is 11.1. The van der Waals surface area contributed by atoms with Gasteiger partial charge in [-0.25, -0.2) is 9.50 Å². The summed E-state index contributed by atoms with van der Waals surface area (Å²) in [5, 5.41) is -0.752. The Labute approximate surface area is 221 Å². The molecular formula is C22H19B4F3N6O3. The lowest BCUT2D eigenvalue weighted by Crippen LogP contribution is -2.85. The summed E-state index contributed by atoms with van der Waals surface area (Å²) >= 11 is 0. The zero-order valence-corrected chi connectivity index (χ0v) is 20.9. The number of hydrogen-bond acceptors (Lipinski definition) is 6. The lowest BCUT2D eigenvalue weighted by molar-refractivity contribution is -0.150. The van der Waals surface area contributed by atoms with Crippen LogP contribution in [0.1, 0.15) is 26.3 Å². The Kier molecular flexibility index (Phi) is 6.12. The maximum Gasteiger partial charge on any atom is 0.418 e. The molecule has 2 N–H and O–H groups in total. The molecule has 3 aromatic rings. The van der Waals surface area contributed by atoms with Gasteiger partial charge in [0.1, 0.15) is 23.1 Å². The average molecular weight is 516 g/mol. The zero-order chi connectivity index (χ0) is 28.6. The van der Waals surface area contributed by atoms with Crippen LogP contribution in [0.2, 0.25) is 0 Å². The van der Waals surface area contributed by atoms with Gasteiger partial charge in [0.15, 0.2) is 5.82 Å². The van der Waals surface area contributed by atoms with Crippen LogP contribution in [-0.2, 0) is 15.8 Å². The maximum absolute atomic E-state index is 13.9. The molecule has 2 amide bonds. The standard InChI is InChI=1S/C22H19B4F3N6O3/c1-10(36)35-19(2,3)18(37)33(21(23,24)22(35,25)26)14-7-11(5-6-15(14)38-4)13-8-12(20(27,28)29)16-17(30)31-9-32-34(13)16/h5-9H,1-4H3,(H2,30,31,32).